The first-order valence-electron chi connectivity index (χ1n) is 3.00. The maximum atomic E-state index is 2.27. The van der Waals surface area contributed by atoms with Gasteiger partial charge in [-0.15, -0.1) is 0 Å². The molecular weight excluding hydrogens is 378 g/mol. The molecule has 5 heteroatoms. The smallest absolute Gasteiger partial charge is 0.0379 e. The molecule has 0 fully saturated rings. The van der Waals surface area contributed by atoms with Gasteiger partial charge in [-0.3, -0.25) is 0 Å². The van der Waals surface area contributed by atoms with Gasteiger partial charge >= 0.3 is 0 Å². The Hall–Kier alpha value is 1.88. The van der Waals surface area contributed by atoms with Crippen LogP contribution in [0.5, 0.6) is 0 Å². The predicted octanol–water partition coefficient (Wildman–Crippen LogP) is -3.25. The molecule has 11 heavy (non-hydrogen) atoms. The molecule has 0 amide bonds. The molecule has 0 saturated heterocycles. The Kier molecular flexibility index (Phi) is 60.3. The Morgan fingerprint density at radius 3 is 0.545 bits per heavy atom. The van der Waals surface area contributed by atoms with Crippen molar-refractivity contribution in [1.29, 1.82) is 0 Å². The third kappa shape index (κ3) is 327. The molecular formula is C6H18Cl2HfSi2-2. The van der Waals surface area contributed by atoms with E-state index in [2.05, 4.69) is 39.3 Å². The van der Waals surface area contributed by atoms with Crippen molar-refractivity contribution in [2.24, 2.45) is 0 Å². The summed E-state index contributed by atoms with van der Waals surface area (Å²) < 4.78 is 0. The minimum Gasteiger partial charge on any atom is -1.00 e. The average molecular weight is 396 g/mol. The average Bonchev–Trinajstić information content (AvgIpc) is 1.25. The van der Waals surface area contributed by atoms with Crippen LogP contribution in [-0.2, 0) is 25.8 Å². The molecule has 0 saturated carbocycles. The first kappa shape index (κ1) is 29.3. The van der Waals surface area contributed by atoms with E-state index >= 15 is 0 Å². The van der Waals surface area contributed by atoms with Crippen LogP contribution in [0.4, 0.5) is 0 Å². The molecule has 2 radical (unpaired) electrons. The molecule has 0 rings (SSSR count). The molecule has 0 unspecified atom stereocenters. The third-order valence-electron chi connectivity index (χ3n) is 0. The third-order valence-corrected chi connectivity index (χ3v) is 0. The molecule has 0 nitrogen and oxygen atoms in total. The normalized spacial score (nSPS) is 6.55. The van der Waals surface area contributed by atoms with Gasteiger partial charge in [0, 0.05) is 43.4 Å². The Labute approximate surface area is 107 Å². The van der Waals surface area contributed by atoms with Gasteiger partial charge in [0.2, 0.25) is 0 Å². The summed E-state index contributed by atoms with van der Waals surface area (Å²) in [6, 6.07) is 0. The molecule has 0 aliphatic heterocycles. The Morgan fingerprint density at radius 1 is 0.545 bits per heavy atom. The molecule has 0 spiro atoms. The molecule has 0 heterocycles. The van der Waals surface area contributed by atoms with Crippen LogP contribution in [0, 0.1) is 0 Å². The maximum absolute atomic E-state index is 2.27. The van der Waals surface area contributed by atoms with Crippen molar-refractivity contribution in [2.75, 3.05) is 0 Å². The molecule has 0 aromatic heterocycles. The van der Waals surface area contributed by atoms with Crippen LogP contribution < -0.4 is 24.8 Å². The zero-order valence-electron chi connectivity index (χ0n) is 8.26. The number of hydrogen-bond acceptors (Lipinski definition) is 0. The van der Waals surface area contributed by atoms with E-state index in [0.29, 0.717) is 0 Å². The minimum atomic E-state index is 0. The van der Waals surface area contributed by atoms with Gasteiger partial charge in [0.15, 0.2) is 0 Å². The molecule has 0 atom stereocenters. The van der Waals surface area contributed by atoms with Crippen molar-refractivity contribution in [1.82, 2.24) is 0 Å². The maximum Gasteiger partial charge on any atom is 0.0379 e. The number of halogens is 2. The zero-order chi connectivity index (χ0) is 7.15. The van der Waals surface area contributed by atoms with Gasteiger partial charge in [0.05, 0.1) is 0 Å². The van der Waals surface area contributed by atoms with Crippen molar-refractivity contribution >= 4 is 17.6 Å². The summed E-state index contributed by atoms with van der Waals surface area (Å²) in [6.45, 7) is 13.6. The Morgan fingerprint density at radius 2 is 0.545 bits per heavy atom. The quantitative estimate of drug-likeness (QED) is 0.378. The summed E-state index contributed by atoms with van der Waals surface area (Å²) in [7, 11) is 0.241. The van der Waals surface area contributed by atoms with Crippen LogP contribution in [0.1, 0.15) is 0 Å². The molecule has 0 aliphatic rings. The van der Waals surface area contributed by atoms with E-state index in [0.717, 1.165) is 0 Å². The van der Waals surface area contributed by atoms with Gasteiger partial charge < -0.3 is 24.8 Å². The van der Waals surface area contributed by atoms with E-state index in [4.69, 9.17) is 0 Å². The van der Waals surface area contributed by atoms with Crippen LogP contribution in [0.2, 0.25) is 39.3 Å². The molecule has 0 bridgehead atoms. The summed E-state index contributed by atoms with van der Waals surface area (Å²) in [5.41, 5.74) is 0. The van der Waals surface area contributed by atoms with Crippen molar-refractivity contribution in [2.45, 2.75) is 39.3 Å². The first-order valence-corrected chi connectivity index (χ1v) is 9.00. The molecule has 0 aromatic rings. The summed E-state index contributed by atoms with van der Waals surface area (Å²) in [6.07, 6.45) is 0. The predicted molar refractivity (Wildman–Crippen MR) is 46.7 cm³/mol. The van der Waals surface area contributed by atoms with Crippen LogP contribution in [0.3, 0.4) is 0 Å². The van der Waals surface area contributed by atoms with E-state index < -0.39 is 0 Å². The first-order chi connectivity index (χ1) is 3.46. The minimum absolute atomic E-state index is 0. The van der Waals surface area contributed by atoms with Crippen molar-refractivity contribution in [3.63, 3.8) is 0 Å². The fraction of sp³-hybridized carbons (Fsp3) is 1.00. The molecule has 70 valence electrons. The summed E-state index contributed by atoms with van der Waals surface area (Å²) >= 11 is 0. The zero-order valence-corrected chi connectivity index (χ0v) is 15.4. The summed E-state index contributed by atoms with van der Waals surface area (Å²) in [4.78, 5) is 0. The fourth-order valence-electron chi connectivity index (χ4n) is 0. The van der Waals surface area contributed by atoms with Gasteiger partial charge in [-0.05, 0) is 0 Å². The van der Waals surface area contributed by atoms with Crippen molar-refractivity contribution < 1.29 is 50.7 Å². The van der Waals surface area contributed by atoms with Gasteiger partial charge in [0.25, 0.3) is 0 Å². The van der Waals surface area contributed by atoms with E-state index in [1.807, 2.05) is 0 Å². The van der Waals surface area contributed by atoms with Gasteiger partial charge in [0.1, 0.15) is 0 Å². The van der Waals surface area contributed by atoms with Crippen molar-refractivity contribution in [3.05, 3.63) is 0 Å². The van der Waals surface area contributed by atoms with Crippen LogP contribution in [-0.4, -0.2) is 17.6 Å². The van der Waals surface area contributed by atoms with Gasteiger partial charge in [-0.2, -0.15) is 0 Å². The van der Waals surface area contributed by atoms with E-state index in [1.54, 1.807) is 0 Å². The van der Waals surface area contributed by atoms with Gasteiger partial charge in [-0.25, -0.2) is 0 Å². The SMILES string of the molecule is C[Si](C)C.C[Si](C)C.[Cl-].[Cl-].[Hf]. The summed E-state index contributed by atoms with van der Waals surface area (Å²) in [5, 5.41) is 0. The second-order valence-electron chi connectivity index (χ2n) is 3.00. The second-order valence-corrected chi connectivity index (χ2v) is 9.00. The van der Waals surface area contributed by atoms with Crippen LogP contribution >= 0.6 is 0 Å². The topological polar surface area (TPSA) is 0 Å². The largest absolute Gasteiger partial charge is 1.00 e. The standard InChI is InChI=1S/2C3H9Si.2ClH.Hf/c2*1-4(2)3;;;/h2*1-3H3;2*1H;/p-2. The molecule has 0 N–H and O–H groups in total. The fourth-order valence-corrected chi connectivity index (χ4v) is 0. The second kappa shape index (κ2) is 22.6. The van der Waals surface area contributed by atoms with E-state index in [9.17, 15) is 0 Å². The molecule has 0 aliphatic carbocycles. The Balaban J connectivity index is -0.0000000171. The van der Waals surface area contributed by atoms with Gasteiger partial charge in [-0.1, -0.05) is 39.3 Å². The number of rotatable bonds is 0. The van der Waals surface area contributed by atoms with Crippen LogP contribution in [0.25, 0.3) is 0 Å². The van der Waals surface area contributed by atoms with E-state index in [1.165, 1.54) is 0 Å². The Bertz CT molecular complexity index is 34.1. The van der Waals surface area contributed by atoms with Crippen molar-refractivity contribution in [3.8, 4) is 0 Å². The summed E-state index contributed by atoms with van der Waals surface area (Å²) in [5.74, 6) is 0. The monoisotopic (exact) mass is 396 g/mol. The number of hydrogen-bond donors (Lipinski definition) is 0. The molecule has 0 aromatic carbocycles. The van der Waals surface area contributed by atoms with E-state index in [-0.39, 0.29) is 68.3 Å². The van der Waals surface area contributed by atoms with Crippen LogP contribution in [0.15, 0.2) is 0 Å².